The third-order valence-corrected chi connectivity index (χ3v) is 3.55. The Morgan fingerprint density at radius 1 is 1.24 bits per heavy atom. The molecule has 1 fully saturated rings. The smallest absolute Gasteiger partial charge is 0.151 e. The Kier molecular flexibility index (Phi) is 3.59. The SMILES string of the molecule is CC1CN(c2ccc(CO)nn2)CC(C)N1C. The van der Waals surface area contributed by atoms with E-state index in [1.165, 1.54) is 0 Å². The summed E-state index contributed by atoms with van der Waals surface area (Å²) in [7, 11) is 2.16. The fourth-order valence-electron chi connectivity index (χ4n) is 2.20. The number of hydrogen-bond acceptors (Lipinski definition) is 5. The standard InChI is InChI=1S/C12H20N4O/c1-9-6-16(7-10(2)15(9)3)12-5-4-11(8-17)13-14-12/h4-5,9-10,17H,6-8H2,1-3H3. The molecule has 1 aromatic heterocycles. The topological polar surface area (TPSA) is 52.5 Å². The minimum Gasteiger partial charge on any atom is -0.390 e. The molecular formula is C12H20N4O. The molecule has 1 aromatic rings. The summed E-state index contributed by atoms with van der Waals surface area (Å²) >= 11 is 0. The first-order valence-corrected chi connectivity index (χ1v) is 6.02. The Morgan fingerprint density at radius 2 is 1.88 bits per heavy atom. The van der Waals surface area contributed by atoms with Crippen LogP contribution < -0.4 is 4.90 Å². The molecule has 1 aliphatic heterocycles. The molecule has 17 heavy (non-hydrogen) atoms. The number of aliphatic hydroxyl groups is 1. The minimum atomic E-state index is -0.0528. The average molecular weight is 236 g/mol. The van der Waals surface area contributed by atoms with E-state index in [1.54, 1.807) is 0 Å². The Labute approximate surface area is 102 Å². The molecule has 94 valence electrons. The van der Waals surface area contributed by atoms with Gasteiger partial charge in [0.15, 0.2) is 5.82 Å². The van der Waals surface area contributed by atoms with E-state index in [-0.39, 0.29) is 6.61 Å². The summed E-state index contributed by atoms with van der Waals surface area (Å²) in [4.78, 5) is 4.63. The van der Waals surface area contributed by atoms with Gasteiger partial charge in [-0.2, -0.15) is 5.10 Å². The fraction of sp³-hybridized carbons (Fsp3) is 0.667. The van der Waals surface area contributed by atoms with Crippen molar-refractivity contribution in [3.63, 3.8) is 0 Å². The number of anilines is 1. The largest absolute Gasteiger partial charge is 0.390 e. The lowest BCUT2D eigenvalue weighted by Gasteiger charge is -2.42. The van der Waals surface area contributed by atoms with E-state index in [0.29, 0.717) is 17.8 Å². The van der Waals surface area contributed by atoms with Crippen LogP contribution in [0.4, 0.5) is 5.82 Å². The van der Waals surface area contributed by atoms with Crippen LogP contribution in [0.15, 0.2) is 12.1 Å². The van der Waals surface area contributed by atoms with Crippen molar-refractivity contribution in [3.8, 4) is 0 Å². The van der Waals surface area contributed by atoms with Gasteiger partial charge in [-0.3, -0.25) is 4.90 Å². The van der Waals surface area contributed by atoms with Crippen molar-refractivity contribution in [2.24, 2.45) is 0 Å². The van der Waals surface area contributed by atoms with E-state index in [1.807, 2.05) is 12.1 Å². The summed E-state index contributed by atoms with van der Waals surface area (Å²) in [6.45, 7) is 6.32. The van der Waals surface area contributed by atoms with Crippen molar-refractivity contribution in [2.75, 3.05) is 25.0 Å². The zero-order valence-corrected chi connectivity index (χ0v) is 10.7. The number of likely N-dealkylation sites (N-methyl/N-ethyl adjacent to an activating group) is 1. The predicted octanol–water partition coefficient (Wildman–Crippen LogP) is 0.498. The van der Waals surface area contributed by atoms with E-state index in [4.69, 9.17) is 5.11 Å². The van der Waals surface area contributed by atoms with Gasteiger partial charge in [0.2, 0.25) is 0 Å². The molecule has 0 aliphatic carbocycles. The highest BCUT2D eigenvalue weighted by Gasteiger charge is 2.27. The molecule has 2 unspecified atom stereocenters. The van der Waals surface area contributed by atoms with Gasteiger partial charge in [-0.1, -0.05) is 0 Å². The molecule has 2 rings (SSSR count). The van der Waals surface area contributed by atoms with E-state index < -0.39 is 0 Å². The van der Waals surface area contributed by atoms with Gasteiger partial charge < -0.3 is 10.0 Å². The van der Waals surface area contributed by atoms with Gasteiger partial charge in [-0.05, 0) is 33.0 Å². The third kappa shape index (κ3) is 2.56. The highest BCUT2D eigenvalue weighted by molar-refractivity contribution is 5.38. The van der Waals surface area contributed by atoms with Crippen molar-refractivity contribution in [1.82, 2.24) is 15.1 Å². The summed E-state index contributed by atoms with van der Waals surface area (Å²) in [6, 6.07) is 4.79. The summed E-state index contributed by atoms with van der Waals surface area (Å²) in [5, 5.41) is 17.1. The molecule has 2 atom stereocenters. The van der Waals surface area contributed by atoms with Crippen LogP contribution in [0.5, 0.6) is 0 Å². The van der Waals surface area contributed by atoms with Crippen LogP contribution in [0.2, 0.25) is 0 Å². The molecule has 0 spiro atoms. The first-order chi connectivity index (χ1) is 8.11. The van der Waals surface area contributed by atoms with Crippen LogP contribution in [0, 0.1) is 0 Å². The minimum absolute atomic E-state index is 0.0528. The van der Waals surface area contributed by atoms with Crippen LogP contribution in [0.3, 0.4) is 0 Å². The normalized spacial score (nSPS) is 26.2. The summed E-state index contributed by atoms with van der Waals surface area (Å²) < 4.78 is 0. The monoisotopic (exact) mass is 236 g/mol. The molecule has 5 heteroatoms. The van der Waals surface area contributed by atoms with Crippen molar-refractivity contribution in [3.05, 3.63) is 17.8 Å². The lowest BCUT2D eigenvalue weighted by molar-refractivity contribution is 0.169. The van der Waals surface area contributed by atoms with Gasteiger partial charge in [0, 0.05) is 25.2 Å². The number of rotatable bonds is 2. The van der Waals surface area contributed by atoms with Gasteiger partial charge in [0.25, 0.3) is 0 Å². The molecule has 0 amide bonds. The van der Waals surface area contributed by atoms with Gasteiger partial charge in [0.05, 0.1) is 12.3 Å². The Bertz CT molecular complexity index is 355. The molecule has 0 aromatic carbocycles. The molecular weight excluding hydrogens is 216 g/mol. The van der Waals surface area contributed by atoms with Crippen molar-refractivity contribution < 1.29 is 5.11 Å². The maximum absolute atomic E-state index is 8.93. The zero-order valence-electron chi connectivity index (χ0n) is 10.7. The maximum atomic E-state index is 8.93. The number of hydrogen-bond donors (Lipinski definition) is 1. The predicted molar refractivity (Wildman–Crippen MR) is 66.9 cm³/mol. The molecule has 5 nitrogen and oxygen atoms in total. The summed E-state index contributed by atoms with van der Waals surface area (Å²) in [6.07, 6.45) is 0. The first kappa shape index (κ1) is 12.3. The van der Waals surface area contributed by atoms with E-state index in [2.05, 4.69) is 40.9 Å². The zero-order chi connectivity index (χ0) is 12.4. The number of piperazine rings is 1. The highest BCUT2D eigenvalue weighted by Crippen LogP contribution is 2.18. The van der Waals surface area contributed by atoms with Crippen molar-refractivity contribution in [1.29, 1.82) is 0 Å². The maximum Gasteiger partial charge on any atom is 0.151 e. The van der Waals surface area contributed by atoms with Crippen LogP contribution in [-0.2, 0) is 6.61 Å². The van der Waals surface area contributed by atoms with E-state index in [0.717, 1.165) is 18.9 Å². The Morgan fingerprint density at radius 3 is 2.35 bits per heavy atom. The molecule has 2 heterocycles. The molecule has 1 N–H and O–H groups in total. The average Bonchev–Trinajstić information content (AvgIpc) is 2.35. The quantitative estimate of drug-likeness (QED) is 0.810. The van der Waals surface area contributed by atoms with Gasteiger partial charge in [0.1, 0.15) is 0 Å². The molecule has 0 bridgehead atoms. The first-order valence-electron chi connectivity index (χ1n) is 6.02. The number of aromatic nitrogens is 2. The second-order valence-corrected chi connectivity index (χ2v) is 4.81. The Balaban J connectivity index is 2.11. The Hall–Kier alpha value is -1.20. The van der Waals surface area contributed by atoms with Crippen LogP contribution in [-0.4, -0.2) is 52.4 Å². The third-order valence-electron chi connectivity index (χ3n) is 3.55. The van der Waals surface area contributed by atoms with E-state index in [9.17, 15) is 0 Å². The van der Waals surface area contributed by atoms with Crippen molar-refractivity contribution in [2.45, 2.75) is 32.5 Å². The van der Waals surface area contributed by atoms with Crippen LogP contribution in [0.1, 0.15) is 19.5 Å². The highest BCUT2D eigenvalue weighted by atomic mass is 16.3. The molecule has 1 aliphatic rings. The fourth-order valence-corrected chi connectivity index (χ4v) is 2.20. The molecule has 1 saturated heterocycles. The number of nitrogens with zero attached hydrogens (tertiary/aromatic N) is 4. The summed E-state index contributed by atoms with van der Waals surface area (Å²) in [5.41, 5.74) is 0.615. The second-order valence-electron chi connectivity index (χ2n) is 4.81. The number of aliphatic hydroxyl groups excluding tert-OH is 1. The molecule has 0 radical (unpaired) electrons. The van der Waals surface area contributed by atoms with Gasteiger partial charge >= 0.3 is 0 Å². The van der Waals surface area contributed by atoms with Gasteiger partial charge in [-0.25, -0.2) is 0 Å². The van der Waals surface area contributed by atoms with Crippen LogP contribution in [0.25, 0.3) is 0 Å². The van der Waals surface area contributed by atoms with E-state index >= 15 is 0 Å². The second kappa shape index (κ2) is 4.98. The molecule has 0 saturated carbocycles. The summed E-state index contributed by atoms with van der Waals surface area (Å²) in [5.74, 6) is 0.897. The van der Waals surface area contributed by atoms with Gasteiger partial charge in [-0.15, -0.1) is 5.10 Å². The lowest BCUT2D eigenvalue weighted by atomic mass is 10.1. The lowest BCUT2D eigenvalue weighted by Crippen LogP contribution is -2.55. The van der Waals surface area contributed by atoms with Crippen LogP contribution >= 0.6 is 0 Å². The van der Waals surface area contributed by atoms with Crippen molar-refractivity contribution >= 4 is 5.82 Å².